The van der Waals surface area contributed by atoms with Gasteiger partial charge in [-0.1, -0.05) is 43.2 Å². The second-order valence-electron chi connectivity index (χ2n) is 7.93. The van der Waals surface area contributed by atoms with E-state index in [0.717, 1.165) is 40.1 Å². The van der Waals surface area contributed by atoms with Gasteiger partial charge in [0, 0.05) is 10.9 Å². The first kappa shape index (κ1) is 17.1. The van der Waals surface area contributed by atoms with E-state index in [1.807, 2.05) is 24.3 Å². The SMILES string of the molecule is O=c1[nH]c(CN2CCC[C@@H]3CCCC[C@@H]32)nc2sc(-c3ccccc3)cc12. The maximum absolute atomic E-state index is 12.7. The lowest BCUT2D eigenvalue weighted by atomic mass is 9.78. The first-order valence-corrected chi connectivity index (χ1v) is 10.9. The fourth-order valence-electron chi connectivity index (χ4n) is 4.91. The Hall–Kier alpha value is -1.98. The van der Waals surface area contributed by atoms with Crippen molar-refractivity contribution < 1.29 is 0 Å². The highest BCUT2D eigenvalue weighted by molar-refractivity contribution is 7.21. The maximum Gasteiger partial charge on any atom is 0.259 e. The third kappa shape index (κ3) is 3.34. The summed E-state index contributed by atoms with van der Waals surface area (Å²) in [4.78, 5) is 25.1. The van der Waals surface area contributed by atoms with E-state index < -0.39 is 0 Å². The number of rotatable bonds is 3. The molecule has 2 atom stereocenters. The standard InChI is InChI=1S/C22H25N3OS/c26-21-17-13-19(16-8-2-1-3-9-16)27-22(17)24-20(23-21)14-25-12-6-10-15-7-4-5-11-18(15)25/h1-3,8-9,13,15,18H,4-7,10-12,14H2,(H,23,24,26)/t15-,18-/m0/s1. The van der Waals surface area contributed by atoms with Crippen LogP contribution in [0.2, 0.25) is 0 Å². The minimum atomic E-state index is -0.00867. The van der Waals surface area contributed by atoms with Crippen molar-refractivity contribution in [3.63, 3.8) is 0 Å². The summed E-state index contributed by atoms with van der Waals surface area (Å²) < 4.78 is 0. The van der Waals surface area contributed by atoms with Crippen molar-refractivity contribution in [1.82, 2.24) is 14.9 Å². The van der Waals surface area contributed by atoms with Gasteiger partial charge in [0.2, 0.25) is 0 Å². The summed E-state index contributed by atoms with van der Waals surface area (Å²) in [6.07, 6.45) is 8.03. The van der Waals surface area contributed by atoms with Gasteiger partial charge in [-0.25, -0.2) is 4.98 Å². The molecule has 0 amide bonds. The van der Waals surface area contributed by atoms with Gasteiger partial charge in [0.05, 0.1) is 11.9 Å². The Balaban J connectivity index is 1.45. The molecule has 3 aromatic rings. The Bertz CT molecular complexity index is 992. The van der Waals surface area contributed by atoms with Crippen LogP contribution in [0.25, 0.3) is 20.7 Å². The van der Waals surface area contributed by atoms with Crippen molar-refractivity contribution in [2.75, 3.05) is 6.54 Å². The highest BCUT2D eigenvalue weighted by Crippen LogP contribution is 2.36. The highest BCUT2D eigenvalue weighted by Gasteiger charge is 2.33. The number of aromatic amines is 1. The number of benzene rings is 1. The molecule has 1 aliphatic heterocycles. The van der Waals surface area contributed by atoms with Crippen LogP contribution in [0.4, 0.5) is 0 Å². The summed E-state index contributed by atoms with van der Waals surface area (Å²) >= 11 is 1.61. The van der Waals surface area contributed by atoms with Gasteiger partial charge in [-0.2, -0.15) is 0 Å². The number of hydrogen-bond donors (Lipinski definition) is 1. The third-order valence-electron chi connectivity index (χ3n) is 6.22. The second-order valence-corrected chi connectivity index (χ2v) is 8.96. The molecule has 0 unspecified atom stereocenters. The number of nitrogens with one attached hydrogen (secondary N) is 1. The van der Waals surface area contributed by atoms with Crippen LogP contribution >= 0.6 is 11.3 Å². The third-order valence-corrected chi connectivity index (χ3v) is 7.30. The van der Waals surface area contributed by atoms with E-state index >= 15 is 0 Å². The van der Waals surface area contributed by atoms with Crippen LogP contribution in [0.1, 0.15) is 44.3 Å². The largest absolute Gasteiger partial charge is 0.309 e. The summed E-state index contributed by atoms with van der Waals surface area (Å²) in [6.45, 7) is 1.90. The van der Waals surface area contributed by atoms with Gasteiger partial charge in [-0.15, -0.1) is 11.3 Å². The predicted octanol–water partition coefficient (Wildman–Crippen LogP) is 4.81. The van der Waals surface area contributed by atoms with E-state index in [1.54, 1.807) is 11.3 Å². The summed E-state index contributed by atoms with van der Waals surface area (Å²) in [7, 11) is 0. The Morgan fingerprint density at radius 2 is 1.93 bits per heavy atom. The normalized spacial score (nSPS) is 23.4. The zero-order valence-electron chi connectivity index (χ0n) is 15.5. The number of hydrogen-bond acceptors (Lipinski definition) is 4. The molecule has 140 valence electrons. The van der Waals surface area contributed by atoms with Crippen molar-refractivity contribution in [3.05, 3.63) is 52.6 Å². The van der Waals surface area contributed by atoms with Crippen LogP contribution in [0, 0.1) is 5.92 Å². The van der Waals surface area contributed by atoms with Crippen molar-refractivity contribution in [1.29, 1.82) is 0 Å². The van der Waals surface area contributed by atoms with Crippen molar-refractivity contribution in [2.45, 2.75) is 51.1 Å². The molecule has 0 radical (unpaired) electrons. The molecule has 2 fully saturated rings. The number of thiophene rings is 1. The van der Waals surface area contributed by atoms with Crippen LogP contribution in [-0.4, -0.2) is 27.5 Å². The van der Waals surface area contributed by atoms with Gasteiger partial charge >= 0.3 is 0 Å². The van der Waals surface area contributed by atoms with Gasteiger partial charge in [-0.3, -0.25) is 9.69 Å². The molecule has 5 rings (SSSR count). The van der Waals surface area contributed by atoms with Crippen LogP contribution < -0.4 is 5.56 Å². The quantitative estimate of drug-likeness (QED) is 0.711. The molecular formula is C22H25N3OS. The Morgan fingerprint density at radius 3 is 2.81 bits per heavy atom. The van der Waals surface area contributed by atoms with Gasteiger partial charge < -0.3 is 4.98 Å². The van der Waals surface area contributed by atoms with Gasteiger partial charge in [-0.05, 0) is 49.8 Å². The van der Waals surface area contributed by atoms with Crippen LogP contribution in [0.5, 0.6) is 0 Å². The zero-order chi connectivity index (χ0) is 18.2. The molecule has 1 N–H and O–H groups in total. The number of H-pyrrole nitrogens is 1. The molecule has 1 saturated heterocycles. The first-order chi connectivity index (χ1) is 13.3. The van der Waals surface area contributed by atoms with Gasteiger partial charge in [0.25, 0.3) is 5.56 Å². The van der Waals surface area contributed by atoms with Crippen molar-refractivity contribution in [3.8, 4) is 10.4 Å². The second kappa shape index (κ2) is 7.21. The maximum atomic E-state index is 12.7. The monoisotopic (exact) mass is 379 g/mol. The molecule has 1 aliphatic carbocycles. The first-order valence-electron chi connectivity index (χ1n) is 10.1. The van der Waals surface area contributed by atoms with Crippen molar-refractivity contribution >= 4 is 21.6 Å². The average molecular weight is 380 g/mol. The fraction of sp³-hybridized carbons (Fsp3) is 0.455. The lowest BCUT2D eigenvalue weighted by Crippen LogP contribution is -2.46. The van der Waals surface area contributed by atoms with E-state index in [1.165, 1.54) is 38.5 Å². The van der Waals surface area contributed by atoms with E-state index in [-0.39, 0.29) is 5.56 Å². The zero-order valence-corrected chi connectivity index (χ0v) is 16.3. The molecule has 1 aromatic carbocycles. The molecule has 0 spiro atoms. The fourth-order valence-corrected chi connectivity index (χ4v) is 5.97. The number of likely N-dealkylation sites (tertiary alicyclic amines) is 1. The Labute approximate surface area is 163 Å². The lowest BCUT2D eigenvalue weighted by molar-refractivity contribution is 0.0527. The minimum absolute atomic E-state index is 0.00867. The topological polar surface area (TPSA) is 49.0 Å². The molecule has 5 heteroatoms. The van der Waals surface area contributed by atoms with Crippen LogP contribution in [0.15, 0.2) is 41.2 Å². The molecule has 1 saturated carbocycles. The molecule has 0 bridgehead atoms. The molecular weight excluding hydrogens is 354 g/mol. The Morgan fingerprint density at radius 1 is 1.11 bits per heavy atom. The average Bonchev–Trinajstić information content (AvgIpc) is 3.14. The van der Waals surface area contributed by atoms with Gasteiger partial charge in [0.15, 0.2) is 0 Å². The highest BCUT2D eigenvalue weighted by atomic mass is 32.1. The summed E-state index contributed by atoms with van der Waals surface area (Å²) in [5, 5.41) is 0.705. The number of aromatic nitrogens is 2. The van der Waals surface area contributed by atoms with E-state index in [2.05, 4.69) is 22.0 Å². The van der Waals surface area contributed by atoms with E-state index in [4.69, 9.17) is 4.98 Å². The van der Waals surface area contributed by atoms with E-state index in [0.29, 0.717) is 11.4 Å². The van der Waals surface area contributed by atoms with Crippen LogP contribution in [-0.2, 0) is 6.54 Å². The summed E-state index contributed by atoms with van der Waals surface area (Å²) in [5.41, 5.74) is 1.13. The molecule has 2 aromatic heterocycles. The number of fused-ring (bicyclic) bond motifs is 2. The van der Waals surface area contributed by atoms with E-state index in [9.17, 15) is 4.79 Å². The smallest absolute Gasteiger partial charge is 0.259 e. The molecule has 27 heavy (non-hydrogen) atoms. The van der Waals surface area contributed by atoms with Crippen LogP contribution in [0.3, 0.4) is 0 Å². The lowest BCUT2D eigenvalue weighted by Gasteiger charge is -2.43. The molecule has 2 aliphatic rings. The number of nitrogens with zero attached hydrogens (tertiary/aromatic N) is 2. The summed E-state index contributed by atoms with van der Waals surface area (Å²) in [6, 6.07) is 12.9. The summed E-state index contributed by atoms with van der Waals surface area (Å²) in [5.74, 6) is 1.66. The van der Waals surface area contributed by atoms with Crippen molar-refractivity contribution in [2.24, 2.45) is 5.92 Å². The molecule has 3 heterocycles. The predicted molar refractivity (Wildman–Crippen MR) is 111 cm³/mol. The van der Waals surface area contributed by atoms with Gasteiger partial charge in [0.1, 0.15) is 10.7 Å². The molecule has 4 nitrogen and oxygen atoms in total. The Kier molecular flexibility index (Phi) is 4.58. The number of piperidine rings is 1. The minimum Gasteiger partial charge on any atom is -0.309 e.